The lowest BCUT2D eigenvalue weighted by Crippen LogP contribution is -2.28. The molecule has 0 saturated carbocycles. The van der Waals surface area contributed by atoms with Crippen LogP contribution in [0.5, 0.6) is 11.5 Å². The molecule has 1 aromatic rings. The number of fused-ring (bicyclic) bond motifs is 1. The molecular weight excluding hydrogens is 244 g/mol. The lowest BCUT2D eigenvalue weighted by molar-refractivity contribution is -0.145. The van der Waals surface area contributed by atoms with E-state index < -0.39 is 5.41 Å². The average molecular weight is 262 g/mol. The second-order valence-electron chi connectivity index (χ2n) is 5.35. The Balaban J connectivity index is 2.27. The minimum Gasteiger partial charge on any atom is -0.422 e. The van der Waals surface area contributed by atoms with E-state index in [2.05, 4.69) is 0 Å². The summed E-state index contributed by atoms with van der Waals surface area (Å²) in [4.78, 5) is 23.4. The molecule has 1 aliphatic heterocycles. The fourth-order valence-electron chi connectivity index (χ4n) is 1.74. The zero-order valence-electron chi connectivity index (χ0n) is 11.5. The number of carbonyl (C=O) groups is 2. The van der Waals surface area contributed by atoms with Crippen LogP contribution in [0.2, 0.25) is 0 Å². The predicted molar refractivity (Wildman–Crippen MR) is 70.1 cm³/mol. The first kappa shape index (κ1) is 13.6. The lowest BCUT2D eigenvalue weighted by atomic mass is 9.91. The van der Waals surface area contributed by atoms with E-state index in [1.165, 1.54) is 0 Å². The van der Waals surface area contributed by atoms with Crippen molar-refractivity contribution in [1.29, 1.82) is 0 Å². The van der Waals surface area contributed by atoms with E-state index in [0.717, 1.165) is 5.56 Å². The minimum absolute atomic E-state index is 0.286. The largest absolute Gasteiger partial charge is 0.422 e. The van der Waals surface area contributed by atoms with Crippen molar-refractivity contribution in [3.8, 4) is 11.5 Å². The highest BCUT2D eigenvalue weighted by Gasteiger charge is 2.30. The van der Waals surface area contributed by atoms with Gasteiger partial charge in [-0.25, -0.2) is 0 Å². The van der Waals surface area contributed by atoms with E-state index in [1.807, 2.05) is 26.8 Å². The molecule has 0 aromatic heterocycles. The number of esters is 2. The van der Waals surface area contributed by atoms with Crippen LogP contribution in [-0.4, -0.2) is 11.9 Å². The lowest BCUT2D eigenvalue weighted by Gasteiger charge is -2.23. The molecule has 1 heterocycles. The molecular formula is C15H18O4. The van der Waals surface area contributed by atoms with Crippen LogP contribution < -0.4 is 9.47 Å². The number of hydrogen-bond acceptors (Lipinski definition) is 4. The van der Waals surface area contributed by atoms with E-state index in [9.17, 15) is 9.59 Å². The van der Waals surface area contributed by atoms with Crippen LogP contribution in [0.15, 0.2) is 18.2 Å². The van der Waals surface area contributed by atoms with Gasteiger partial charge in [-0.3, -0.25) is 9.59 Å². The van der Waals surface area contributed by atoms with E-state index in [-0.39, 0.29) is 11.9 Å². The van der Waals surface area contributed by atoms with Gasteiger partial charge < -0.3 is 9.47 Å². The molecule has 0 unspecified atom stereocenters. The Morgan fingerprint density at radius 1 is 1.37 bits per heavy atom. The maximum absolute atomic E-state index is 12.1. The molecule has 0 amide bonds. The molecule has 4 heteroatoms. The van der Waals surface area contributed by atoms with E-state index in [1.54, 1.807) is 12.1 Å². The Kier molecular flexibility index (Phi) is 3.60. The molecule has 1 aliphatic rings. The van der Waals surface area contributed by atoms with Crippen LogP contribution in [0.25, 0.3) is 0 Å². The van der Waals surface area contributed by atoms with Gasteiger partial charge in [0.05, 0.1) is 11.8 Å². The number of aryl methyl sites for hydroxylation is 1. The Hall–Kier alpha value is -1.84. The Labute approximate surface area is 112 Å². The first-order valence-electron chi connectivity index (χ1n) is 6.49. The van der Waals surface area contributed by atoms with E-state index in [4.69, 9.17) is 9.47 Å². The van der Waals surface area contributed by atoms with Crippen LogP contribution in [0, 0.1) is 5.41 Å². The van der Waals surface area contributed by atoms with Crippen LogP contribution >= 0.6 is 0 Å². The van der Waals surface area contributed by atoms with Crippen LogP contribution in [-0.2, 0) is 16.0 Å². The zero-order chi connectivity index (χ0) is 14.0. The van der Waals surface area contributed by atoms with Crippen molar-refractivity contribution in [3.63, 3.8) is 0 Å². The molecule has 0 spiro atoms. The topological polar surface area (TPSA) is 52.6 Å². The first-order valence-corrected chi connectivity index (χ1v) is 6.49. The number of carbonyl (C=O) groups excluding carboxylic acids is 2. The van der Waals surface area contributed by atoms with Gasteiger partial charge in [0.1, 0.15) is 0 Å². The fraction of sp³-hybridized carbons (Fsp3) is 0.467. The molecule has 4 nitrogen and oxygen atoms in total. The van der Waals surface area contributed by atoms with Crippen molar-refractivity contribution in [2.24, 2.45) is 5.41 Å². The second-order valence-corrected chi connectivity index (χ2v) is 5.35. The van der Waals surface area contributed by atoms with Gasteiger partial charge in [-0.2, -0.15) is 0 Å². The summed E-state index contributed by atoms with van der Waals surface area (Å²) in [6.07, 6.45) is 1.67. The maximum atomic E-state index is 12.1. The van der Waals surface area contributed by atoms with Gasteiger partial charge in [0.15, 0.2) is 11.5 Å². The highest BCUT2D eigenvalue weighted by molar-refractivity contribution is 5.81. The molecule has 0 bridgehead atoms. The summed E-state index contributed by atoms with van der Waals surface area (Å²) in [7, 11) is 0. The normalized spacial score (nSPS) is 14.6. The number of benzene rings is 1. The molecule has 0 aliphatic carbocycles. The van der Waals surface area contributed by atoms with Crippen LogP contribution in [0.3, 0.4) is 0 Å². The summed E-state index contributed by atoms with van der Waals surface area (Å²) in [6.45, 7) is 5.59. The summed E-state index contributed by atoms with van der Waals surface area (Å²) in [5.41, 5.74) is 0.348. The molecule has 2 rings (SSSR count). The summed E-state index contributed by atoms with van der Waals surface area (Å²) in [5, 5.41) is 0. The molecule has 0 radical (unpaired) electrons. The quantitative estimate of drug-likeness (QED) is 0.621. The number of hydrogen-bond donors (Lipinski definition) is 0. The maximum Gasteiger partial charge on any atom is 0.317 e. The Bertz CT molecular complexity index is 517. The van der Waals surface area contributed by atoms with Gasteiger partial charge in [-0.1, -0.05) is 19.1 Å². The van der Waals surface area contributed by atoms with Gasteiger partial charge in [0, 0.05) is 0 Å². The highest BCUT2D eigenvalue weighted by atomic mass is 16.6. The minimum atomic E-state index is -0.554. The molecule has 0 fully saturated rings. The molecule has 19 heavy (non-hydrogen) atoms. The standard InChI is InChI=1S/C15H18O4/c1-4-15(2,3)14(17)18-11-7-5-6-10-8-9-12(16)19-13(10)11/h5-7H,4,8-9H2,1-3H3. The van der Waals surface area contributed by atoms with E-state index >= 15 is 0 Å². The van der Waals surface area contributed by atoms with Gasteiger partial charge in [-0.05, 0) is 38.3 Å². The zero-order valence-corrected chi connectivity index (χ0v) is 11.5. The van der Waals surface area contributed by atoms with Crippen molar-refractivity contribution >= 4 is 11.9 Å². The highest BCUT2D eigenvalue weighted by Crippen LogP contribution is 2.36. The predicted octanol–water partition coefficient (Wildman–Crippen LogP) is 2.88. The van der Waals surface area contributed by atoms with Gasteiger partial charge in [-0.15, -0.1) is 0 Å². The van der Waals surface area contributed by atoms with Crippen molar-refractivity contribution in [1.82, 2.24) is 0 Å². The van der Waals surface area contributed by atoms with E-state index in [0.29, 0.717) is 30.8 Å². The smallest absolute Gasteiger partial charge is 0.317 e. The number of ether oxygens (including phenoxy) is 2. The van der Waals surface area contributed by atoms with Crippen LogP contribution in [0.4, 0.5) is 0 Å². The Morgan fingerprint density at radius 2 is 2.11 bits per heavy atom. The van der Waals surface area contributed by atoms with Gasteiger partial charge in [0.2, 0.25) is 0 Å². The molecule has 0 N–H and O–H groups in total. The second kappa shape index (κ2) is 5.03. The summed E-state index contributed by atoms with van der Waals surface area (Å²) in [5.74, 6) is 0.117. The van der Waals surface area contributed by atoms with Crippen molar-refractivity contribution in [2.75, 3.05) is 0 Å². The molecule has 1 aromatic carbocycles. The molecule has 0 saturated heterocycles. The summed E-state index contributed by atoms with van der Waals surface area (Å²) < 4.78 is 10.6. The third-order valence-corrected chi connectivity index (χ3v) is 3.51. The summed E-state index contributed by atoms with van der Waals surface area (Å²) in [6, 6.07) is 5.34. The fourth-order valence-corrected chi connectivity index (χ4v) is 1.74. The van der Waals surface area contributed by atoms with Crippen molar-refractivity contribution < 1.29 is 19.1 Å². The van der Waals surface area contributed by atoms with Crippen molar-refractivity contribution in [3.05, 3.63) is 23.8 Å². The molecule has 0 atom stereocenters. The van der Waals surface area contributed by atoms with Gasteiger partial charge in [0.25, 0.3) is 0 Å². The first-order chi connectivity index (χ1) is 8.94. The third kappa shape index (κ3) is 2.78. The number of rotatable bonds is 3. The SMILES string of the molecule is CCC(C)(C)C(=O)Oc1cccc2c1OC(=O)CC2. The van der Waals surface area contributed by atoms with Crippen LogP contribution in [0.1, 0.15) is 39.2 Å². The van der Waals surface area contributed by atoms with Gasteiger partial charge >= 0.3 is 11.9 Å². The van der Waals surface area contributed by atoms with Crippen molar-refractivity contribution in [2.45, 2.75) is 40.0 Å². The monoisotopic (exact) mass is 262 g/mol. The summed E-state index contributed by atoms with van der Waals surface area (Å²) >= 11 is 0. The Morgan fingerprint density at radius 3 is 2.79 bits per heavy atom. The third-order valence-electron chi connectivity index (χ3n) is 3.51. The molecule has 102 valence electrons. The average Bonchev–Trinajstić information content (AvgIpc) is 2.39. The number of para-hydroxylation sites is 1.